The maximum absolute atomic E-state index is 11.1. The van der Waals surface area contributed by atoms with Crippen LogP contribution in [0.1, 0.15) is 20.8 Å². The number of ether oxygens (including phenoxy) is 1. The summed E-state index contributed by atoms with van der Waals surface area (Å²) in [6.07, 6.45) is 0. The summed E-state index contributed by atoms with van der Waals surface area (Å²) in [5, 5.41) is 3.31. The fourth-order valence-electron chi connectivity index (χ4n) is 1.45. The Morgan fingerprint density at radius 3 is 2.44 bits per heavy atom. The van der Waals surface area contributed by atoms with Crippen LogP contribution in [0.2, 0.25) is 0 Å². The van der Waals surface area contributed by atoms with E-state index in [1.165, 1.54) is 7.11 Å². The zero-order valence-electron chi connectivity index (χ0n) is 10.6. The summed E-state index contributed by atoms with van der Waals surface area (Å²) in [7, 11) is 1.40. The maximum Gasteiger partial charge on any atom is 0.320 e. The number of carbonyl (C=O) groups excluding carboxylic acids is 1. The molecule has 4 nitrogen and oxygen atoms in total. The third kappa shape index (κ3) is 6.45. The summed E-state index contributed by atoms with van der Waals surface area (Å²) >= 11 is 3.28. The van der Waals surface area contributed by atoms with Crippen molar-refractivity contribution in [2.45, 2.75) is 31.6 Å². The van der Waals surface area contributed by atoms with E-state index in [4.69, 9.17) is 0 Å². The van der Waals surface area contributed by atoms with Crippen molar-refractivity contribution in [3.8, 4) is 0 Å². The molecule has 0 aromatic heterocycles. The highest BCUT2D eigenvalue weighted by Crippen LogP contribution is 2.01. The van der Waals surface area contributed by atoms with E-state index in [0.29, 0.717) is 12.6 Å². The Morgan fingerprint density at radius 2 is 2.00 bits per heavy atom. The molecule has 0 spiro atoms. The minimum atomic E-state index is -0.267. The first kappa shape index (κ1) is 15.9. The normalized spacial score (nSPS) is 14.9. The van der Waals surface area contributed by atoms with Crippen molar-refractivity contribution < 1.29 is 9.53 Å². The van der Waals surface area contributed by atoms with Gasteiger partial charge >= 0.3 is 5.97 Å². The molecule has 1 N–H and O–H groups in total. The SMILES string of the molecule is CCN(CC)CC(C)NCC(Br)C(=O)OC. The van der Waals surface area contributed by atoms with Crippen LogP contribution >= 0.6 is 15.9 Å². The van der Waals surface area contributed by atoms with E-state index >= 15 is 0 Å². The molecule has 0 radical (unpaired) electrons. The van der Waals surface area contributed by atoms with Crippen LogP contribution in [0.3, 0.4) is 0 Å². The van der Waals surface area contributed by atoms with Gasteiger partial charge in [0.2, 0.25) is 0 Å². The van der Waals surface area contributed by atoms with Crippen molar-refractivity contribution >= 4 is 21.9 Å². The zero-order valence-corrected chi connectivity index (χ0v) is 12.2. The minimum Gasteiger partial charge on any atom is -0.468 e. The summed E-state index contributed by atoms with van der Waals surface area (Å²) < 4.78 is 4.63. The lowest BCUT2D eigenvalue weighted by Crippen LogP contribution is -2.42. The predicted octanol–water partition coefficient (Wildman–Crippen LogP) is 1.24. The number of nitrogens with zero attached hydrogens (tertiary/aromatic N) is 1. The molecule has 0 bridgehead atoms. The average Bonchev–Trinajstić information content (AvgIpc) is 2.31. The molecule has 0 aliphatic heterocycles. The molecule has 0 heterocycles. The lowest BCUT2D eigenvalue weighted by atomic mass is 10.3. The third-order valence-corrected chi connectivity index (χ3v) is 3.23. The second-order valence-corrected chi connectivity index (χ2v) is 4.89. The van der Waals surface area contributed by atoms with Crippen LogP contribution in [0.4, 0.5) is 0 Å². The minimum absolute atomic E-state index is 0.234. The molecule has 0 aliphatic carbocycles. The Labute approximate surface area is 107 Å². The number of hydrogen-bond acceptors (Lipinski definition) is 4. The molecular weight excluding hydrogens is 272 g/mol. The maximum atomic E-state index is 11.1. The van der Waals surface area contributed by atoms with E-state index in [1.54, 1.807) is 0 Å². The first-order valence-electron chi connectivity index (χ1n) is 5.72. The molecule has 0 aromatic carbocycles. The molecule has 16 heavy (non-hydrogen) atoms. The van der Waals surface area contributed by atoms with Gasteiger partial charge in [-0.1, -0.05) is 29.8 Å². The van der Waals surface area contributed by atoms with Gasteiger partial charge in [0, 0.05) is 19.1 Å². The first-order chi connectivity index (χ1) is 7.54. The Kier molecular flexibility index (Phi) is 8.89. The van der Waals surface area contributed by atoms with Crippen molar-refractivity contribution in [3.05, 3.63) is 0 Å². The monoisotopic (exact) mass is 294 g/mol. The van der Waals surface area contributed by atoms with E-state index in [-0.39, 0.29) is 10.8 Å². The van der Waals surface area contributed by atoms with Crippen molar-refractivity contribution in [2.24, 2.45) is 0 Å². The van der Waals surface area contributed by atoms with Gasteiger partial charge in [0.25, 0.3) is 0 Å². The molecule has 2 atom stereocenters. The Morgan fingerprint density at radius 1 is 1.44 bits per heavy atom. The zero-order chi connectivity index (χ0) is 12.6. The van der Waals surface area contributed by atoms with E-state index in [1.807, 2.05) is 0 Å². The number of carbonyl (C=O) groups is 1. The first-order valence-corrected chi connectivity index (χ1v) is 6.64. The molecule has 0 fully saturated rings. The van der Waals surface area contributed by atoms with Crippen molar-refractivity contribution in [2.75, 3.05) is 33.3 Å². The lowest BCUT2D eigenvalue weighted by Gasteiger charge is -2.24. The number of methoxy groups -OCH3 is 1. The highest BCUT2D eigenvalue weighted by molar-refractivity contribution is 9.10. The van der Waals surface area contributed by atoms with Gasteiger partial charge in [0.15, 0.2) is 0 Å². The molecule has 0 saturated carbocycles. The predicted molar refractivity (Wildman–Crippen MR) is 70.0 cm³/mol. The third-order valence-electron chi connectivity index (χ3n) is 2.53. The summed E-state index contributed by atoms with van der Waals surface area (Å²) in [5.41, 5.74) is 0. The molecule has 0 saturated heterocycles. The van der Waals surface area contributed by atoms with E-state index in [0.717, 1.165) is 19.6 Å². The highest BCUT2D eigenvalue weighted by Gasteiger charge is 2.16. The Balaban J connectivity index is 3.79. The average molecular weight is 295 g/mol. The van der Waals surface area contributed by atoms with Gasteiger partial charge in [-0.15, -0.1) is 0 Å². The quantitative estimate of drug-likeness (QED) is 0.540. The van der Waals surface area contributed by atoms with E-state index < -0.39 is 0 Å². The highest BCUT2D eigenvalue weighted by atomic mass is 79.9. The number of nitrogens with one attached hydrogen (secondary N) is 1. The topological polar surface area (TPSA) is 41.6 Å². The Bertz CT molecular complexity index is 198. The van der Waals surface area contributed by atoms with Gasteiger partial charge in [0.1, 0.15) is 4.83 Å². The fraction of sp³-hybridized carbons (Fsp3) is 0.909. The fourth-order valence-corrected chi connectivity index (χ4v) is 1.82. The van der Waals surface area contributed by atoms with Crippen LogP contribution < -0.4 is 5.32 Å². The second-order valence-electron chi connectivity index (χ2n) is 3.79. The van der Waals surface area contributed by atoms with Crippen LogP contribution in [0.25, 0.3) is 0 Å². The van der Waals surface area contributed by atoms with Gasteiger partial charge < -0.3 is 15.0 Å². The van der Waals surface area contributed by atoms with Crippen LogP contribution in [0, 0.1) is 0 Å². The molecule has 0 aromatic rings. The molecule has 96 valence electrons. The number of rotatable bonds is 8. The smallest absolute Gasteiger partial charge is 0.320 e. The summed E-state index contributed by atoms with van der Waals surface area (Å²) in [5.74, 6) is -0.234. The number of hydrogen-bond donors (Lipinski definition) is 1. The summed E-state index contributed by atoms with van der Waals surface area (Å²) in [6.45, 7) is 10.1. The standard InChI is InChI=1S/C11H23BrN2O2/c1-5-14(6-2)8-9(3)13-7-10(12)11(15)16-4/h9-10,13H,5-8H2,1-4H3. The van der Waals surface area contributed by atoms with Gasteiger partial charge in [-0.05, 0) is 20.0 Å². The lowest BCUT2D eigenvalue weighted by molar-refractivity contribution is -0.139. The van der Waals surface area contributed by atoms with Crippen LogP contribution in [0.15, 0.2) is 0 Å². The number of esters is 1. The van der Waals surface area contributed by atoms with Gasteiger partial charge in [-0.2, -0.15) is 0 Å². The molecule has 5 heteroatoms. The molecule has 0 amide bonds. The van der Waals surface area contributed by atoms with Crippen molar-refractivity contribution in [1.29, 1.82) is 0 Å². The van der Waals surface area contributed by atoms with Crippen LogP contribution in [-0.4, -0.2) is 55.0 Å². The van der Waals surface area contributed by atoms with Gasteiger partial charge in [0.05, 0.1) is 7.11 Å². The largest absolute Gasteiger partial charge is 0.468 e. The second kappa shape index (κ2) is 8.96. The van der Waals surface area contributed by atoms with Gasteiger partial charge in [-0.25, -0.2) is 0 Å². The summed E-state index contributed by atoms with van der Waals surface area (Å²) in [4.78, 5) is 13.2. The van der Waals surface area contributed by atoms with Crippen molar-refractivity contribution in [1.82, 2.24) is 10.2 Å². The molecule has 0 rings (SSSR count). The molecule has 2 unspecified atom stereocenters. The Hall–Kier alpha value is -0.130. The number of likely N-dealkylation sites (N-methyl/N-ethyl adjacent to an activating group) is 1. The van der Waals surface area contributed by atoms with Crippen LogP contribution in [0.5, 0.6) is 0 Å². The molecule has 0 aliphatic rings. The van der Waals surface area contributed by atoms with Gasteiger partial charge in [-0.3, -0.25) is 4.79 Å². The van der Waals surface area contributed by atoms with E-state index in [2.05, 4.69) is 51.7 Å². The molecular formula is C11H23BrN2O2. The number of halogens is 1. The van der Waals surface area contributed by atoms with E-state index in [9.17, 15) is 4.79 Å². The number of alkyl halides is 1. The van der Waals surface area contributed by atoms with Crippen molar-refractivity contribution in [3.63, 3.8) is 0 Å². The summed E-state index contributed by atoms with van der Waals surface area (Å²) in [6, 6.07) is 0.365. The van der Waals surface area contributed by atoms with Crippen LogP contribution in [-0.2, 0) is 9.53 Å².